The van der Waals surface area contributed by atoms with E-state index in [1.807, 2.05) is 30.8 Å². The van der Waals surface area contributed by atoms with Gasteiger partial charge in [-0.15, -0.1) is 0 Å². The molecule has 0 saturated carbocycles. The van der Waals surface area contributed by atoms with E-state index in [1.165, 1.54) is 0 Å². The SMILES string of the molecule is CC1CSCCN1S(=O)(=O)c1ccc(CCN)cc1. The van der Waals surface area contributed by atoms with E-state index in [0.29, 0.717) is 18.0 Å². The first-order valence-corrected chi connectivity index (χ1v) is 9.04. The zero-order valence-electron chi connectivity index (χ0n) is 11.1. The molecular weight excluding hydrogens is 280 g/mol. The van der Waals surface area contributed by atoms with Crippen molar-refractivity contribution in [2.45, 2.75) is 24.3 Å². The lowest BCUT2D eigenvalue weighted by Gasteiger charge is -2.31. The number of benzene rings is 1. The predicted octanol–water partition coefficient (Wildman–Crippen LogP) is 1.31. The molecule has 1 aliphatic heterocycles. The zero-order valence-corrected chi connectivity index (χ0v) is 12.7. The first-order chi connectivity index (χ1) is 9.05. The second-order valence-corrected chi connectivity index (χ2v) is 7.76. The number of hydrogen-bond acceptors (Lipinski definition) is 4. The van der Waals surface area contributed by atoms with Crippen molar-refractivity contribution in [1.82, 2.24) is 4.31 Å². The molecule has 4 nitrogen and oxygen atoms in total. The molecule has 6 heteroatoms. The highest BCUT2D eigenvalue weighted by molar-refractivity contribution is 7.99. The second-order valence-electron chi connectivity index (χ2n) is 4.72. The summed E-state index contributed by atoms with van der Waals surface area (Å²) < 4.78 is 26.7. The van der Waals surface area contributed by atoms with Crippen molar-refractivity contribution >= 4 is 21.8 Å². The Morgan fingerprint density at radius 3 is 2.63 bits per heavy atom. The number of nitrogens with zero attached hydrogens (tertiary/aromatic N) is 1. The summed E-state index contributed by atoms with van der Waals surface area (Å²) >= 11 is 1.81. The summed E-state index contributed by atoms with van der Waals surface area (Å²) in [6.45, 7) is 3.14. The third-order valence-corrected chi connectivity index (χ3v) is 6.49. The lowest BCUT2D eigenvalue weighted by molar-refractivity contribution is 0.367. The fourth-order valence-corrected chi connectivity index (χ4v) is 5.05. The molecular formula is C13H20N2O2S2. The van der Waals surface area contributed by atoms with Gasteiger partial charge in [0.05, 0.1) is 4.90 Å². The van der Waals surface area contributed by atoms with Crippen LogP contribution in [0.2, 0.25) is 0 Å². The fourth-order valence-electron chi connectivity index (χ4n) is 2.20. The van der Waals surface area contributed by atoms with Gasteiger partial charge in [-0.25, -0.2) is 8.42 Å². The first-order valence-electron chi connectivity index (χ1n) is 6.44. The maximum Gasteiger partial charge on any atom is 0.243 e. The lowest BCUT2D eigenvalue weighted by atomic mass is 10.2. The molecule has 0 amide bonds. The molecule has 0 bridgehead atoms. The van der Waals surface area contributed by atoms with Gasteiger partial charge in [0.15, 0.2) is 0 Å². The van der Waals surface area contributed by atoms with E-state index in [2.05, 4.69) is 0 Å². The highest BCUT2D eigenvalue weighted by atomic mass is 32.2. The Balaban J connectivity index is 2.23. The number of hydrogen-bond donors (Lipinski definition) is 1. The van der Waals surface area contributed by atoms with Crippen LogP contribution >= 0.6 is 11.8 Å². The normalized spacial score (nSPS) is 21.5. The molecule has 1 atom stereocenters. The fraction of sp³-hybridized carbons (Fsp3) is 0.538. The van der Waals surface area contributed by atoms with Gasteiger partial charge in [0.25, 0.3) is 0 Å². The van der Waals surface area contributed by atoms with Crippen LogP contribution in [0, 0.1) is 0 Å². The van der Waals surface area contributed by atoms with Crippen LogP contribution in [0.5, 0.6) is 0 Å². The van der Waals surface area contributed by atoms with Crippen LogP contribution in [0.4, 0.5) is 0 Å². The molecule has 0 radical (unpaired) electrons. The summed E-state index contributed by atoms with van der Waals surface area (Å²) in [6.07, 6.45) is 0.775. The zero-order chi connectivity index (χ0) is 13.9. The summed E-state index contributed by atoms with van der Waals surface area (Å²) in [5.74, 6) is 1.74. The maximum atomic E-state index is 12.6. The molecule has 1 aliphatic rings. The van der Waals surface area contributed by atoms with E-state index in [0.717, 1.165) is 23.5 Å². The minimum Gasteiger partial charge on any atom is -0.330 e. The van der Waals surface area contributed by atoms with Crippen LogP contribution in [-0.2, 0) is 16.4 Å². The van der Waals surface area contributed by atoms with Crippen molar-refractivity contribution in [3.8, 4) is 0 Å². The Hall–Kier alpha value is -0.560. The van der Waals surface area contributed by atoms with Gasteiger partial charge in [-0.3, -0.25) is 0 Å². The van der Waals surface area contributed by atoms with Gasteiger partial charge in [0.2, 0.25) is 10.0 Å². The van der Waals surface area contributed by atoms with E-state index in [4.69, 9.17) is 5.73 Å². The van der Waals surface area contributed by atoms with E-state index in [-0.39, 0.29) is 6.04 Å². The highest BCUT2D eigenvalue weighted by Gasteiger charge is 2.30. The Morgan fingerprint density at radius 1 is 1.37 bits per heavy atom. The predicted molar refractivity (Wildman–Crippen MR) is 79.9 cm³/mol. The van der Waals surface area contributed by atoms with Crippen molar-refractivity contribution in [2.75, 3.05) is 24.6 Å². The van der Waals surface area contributed by atoms with Crippen LogP contribution in [0.3, 0.4) is 0 Å². The van der Waals surface area contributed by atoms with Crippen molar-refractivity contribution < 1.29 is 8.42 Å². The van der Waals surface area contributed by atoms with Gasteiger partial charge in [0.1, 0.15) is 0 Å². The van der Waals surface area contributed by atoms with Crippen LogP contribution in [0.25, 0.3) is 0 Å². The summed E-state index contributed by atoms with van der Waals surface area (Å²) in [6, 6.07) is 7.14. The van der Waals surface area contributed by atoms with E-state index in [1.54, 1.807) is 16.4 Å². The monoisotopic (exact) mass is 300 g/mol. The highest BCUT2D eigenvalue weighted by Crippen LogP contribution is 2.24. The molecule has 1 unspecified atom stereocenters. The molecule has 1 saturated heterocycles. The van der Waals surface area contributed by atoms with Crippen molar-refractivity contribution in [2.24, 2.45) is 5.73 Å². The molecule has 19 heavy (non-hydrogen) atoms. The van der Waals surface area contributed by atoms with Gasteiger partial charge in [0, 0.05) is 24.1 Å². The Morgan fingerprint density at radius 2 is 2.05 bits per heavy atom. The van der Waals surface area contributed by atoms with E-state index < -0.39 is 10.0 Å². The summed E-state index contributed by atoms with van der Waals surface area (Å²) in [5.41, 5.74) is 6.56. The average molecular weight is 300 g/mol. The molecule has 0 aromatic heterocycles. The van der Waals surface area contributed by atoms with Gasteiger partial charge < -0.3 is 5.73 Å². The van der Waals surface area contributed by atoms with Crippen LogP contribution in [-0.4, -0.2) is 43.4 Å². The molecule has 1 fully saturated rings. The van der Waals surface area contributed by atoms with Gasteiger partial charge >= 0.3 is 0 Å². The number of thioether (sulfide) groups is 1. The lowest BCUT2D eigenvalue weighted by Crippen LogP contribution is -2.44. The molecule has 1 heterocycles. The smallest absolute Gasteiger partial charge is 0.243 e. The summed E-state index contributed by atoms with van der Waals surface area (Å²) in [5, 5.41) is 0. The minimum absolute atomic E-state index is 0.0625. The maximum absolute atomic E-state index is 12.6. The molecule has 1 aromatic rings. The number of nitrogens with two attached hydrogens (primary N) is 1. The van der Waals surface area contributed by atoms with Crippen molar-refractivity contribution in [3.63, 3.8) is 0 Å². The van der Waals surface area contributed by atoms with Crippen LogP contribution in [0.1, 0.15) is 12.5 Å². The third-order valence-electron chi connectivity index (χ3n) is 3.27. The third kappa shape index (κ3) is 3.31. The Kier molecular flexibility index (Phi) is 4.89. The molecule has 0 spiro atoms. The summed E-state index contributed by atoms with van der Waals surface area (Å²) in [7, 11) is -3.35. The van der Waals surface area contributed by atoms with Gasteiger partial charge in [-0.1, -0.05) is 12.1 Å². The second kappa shape index (κ2) is 6.26. The topological polar surface area (TPSA) is 63.4 Å². The van der Waals surface area contributed by atoms with E-state index >= 15 is 0 Å². The number of sulfonamides is 1. The van der Waals surface area contributed by atoms with Crippen LogP contribution in [0.15, 0.2) is 29.2 Å². The largest absolute Gasteiger partial charge is 0.330 e. The first kappa shape index (κ1) is 14.8. The van der Waals surface area contributed by atoms with Crippen molar-refractivity contribution in [1.29, 1.82) is 0 Å². The molecule has 1 aromatic carbocycles. The van der Waals surface area contributed by atoms with Gasteiger partial charge in [-0.2, -0.15) is 16.1 Å². The average Bonchev–Trinajstić information content (AvgIpc) is 2.40. The van der Waals surface area contributed by atoms with Crippen molar-refractivity contribution in [3.05, 3.63) is 29.8 Å². The van der Waals surface area contributed by atoms with Crippen LogP contribution < -0.4 is 5.73 Å². The van der Waals surface area contributed by atoms with E-state index in [9.17, 15) is 8.42 Å². The van der Waals surface area contributed by atoms with Gasteiger partial charge in [-0.05, 0) is 37.6 Å². The quantitative estimate of drug-likeness (QED) is 0.911. The Bertz CT molecular complexity index is 514. The Labute approximate surface area is 119 Å². The molecule has 2 N–H and O–H groups in total. The molecule has 106 valence electrons. The minimum atomic E-state index is -3.35. The standard InChI is InChI=1S/C13H20N2O2S2/c1-11-10-18-9-8-15(11)19(16,17)13-4-2-12(3-5-13)6-7-14/h2-5,11H,6-10,14H2,1H3. The molecule has 2 rings (SSSR count). The summed E-state index contributed by atoms with van der Waals surface area (Å²) in [4.78, 5) is 0.382. The molecule has 0 aliphatic carbocycles. The number of rotatable bonds is 4.